The Hall–Kier alpha value is -2.22. The fourth-order valence-electron chi connectivity index (χ4n) is 1.99. The molecule has 1 aromatic heterocycles. The van der Waals surface area contributed by atoms with Crippen LogP contribution in [0.25, 0.3) is 0 Å². The largest absolute Gasteiger partial charge is 0.495 e. The summed E-state index contributed by atoms with van der Waals surface area (Å²) in [6.07, 6.45) is 0. The van der Waals surface area contributed by atoms with Gasteiger partial charge >= 0.3 is 0 Å². The van der Waals surface area contributed by atoms with Crippen LogP contribution in [0, 0.1) is 13.8 Å². The van der Waals surface area contributed by atoms with Crippen molar-refractivity contribution in [3.05, 3.63) is 29.6 Å². The van der Waals surface area contributed by atoms with Crippen LogP contribution in [0.4, 0.5) is 11.4 Å². The molecule has 0 fully saturated rings. The molecular weight excluding hydrogens is 292 g/mol. The van der Waals surface area contributed by atoms with Crippen LogP contribution in [-0.4, -0.2) is 25.3 Å². The molecule has 1 aromatic carbocycles. The predicted molar refractivity (Wildman–Crippen MR) is 80.9 cm³/mol. The molecule has 0 aliphatic rings. The summed E-state index contributed by atoms with van der Waals surface area (Å²) in [6.45, 7) is 3.54. The van der Waals surface area contributed by atoms with Crippen LogP contribution >= 0.6 is 0 Å². The molecule has 0 saturated heterocycles. The van der Waals surface area contributed by atoms with Gasteiger partial charge in [0.15, 0.2) is 0 Å². The first kappa shape index (κ1) is 15.2. The molecule has 0 unspecified atom stereocenters. The van der Waals surface area contributed by atoms with Crippen molar-refractivity contribution in [2.75, 3.05) is 17.6 Å². The number of methoxy groups -OCH3 is 1. The maximum atomic E-state index is 12.4. The summed E-state index contributed by atoms with van der Waals surface area (Å²) in [5.74, 6) is 0.433. The standard InChI is InChI=1S/C13H18N4O3S/c1-8-13(9(2)17(3)15-8)16-21(18,19)10-5-6-12(20-4)11(14)7-10/h5-7,16H,14H2,1-4H3. The Morgan fingerprint density at radius 1 is 1.33 bits per heavy atom. The van der Waals surface area contributed by atoms with Crippen LogP contribution in [0.15, 0.2) is 23.1 Å². The summed E-state index contributed by atoms with van der Waals surface area (Å²) >= 11 is 0. The lowest BCUT2D eigenvalue weighted by Gasteiger charge is -2.10. The molecule has 0 radical (unpaired) electrons. The van der Waals surface area contributed by atoms with Gasteiger partial charge in [0.2, 0.25) is 0 Å². The fraction of sp³-hybridized carbons (Fsp3) is 0.308. The van der Waals surface area contributed by atoms with Gasteiger partial charge in [0.05, 0.1) is 34.8 Å². The van der Waals surface area contributed by atoms with Gasteiger partial charge in [0, 0.05) is 7.05 Å². The van der Waals surface area contributed by atoms with Gasteiger partial charge in [-0.15, -0.1) is 0 Å². The third-order valence-electron chi connectivity index (χ3n) is 3.26. The zero-order valence-corrected chi connectivity index (χ0v) is 13.2. The number of hydrogen-bond donors (Lipinski definition) is 2. The smallest absolute Gasteiger partial charge is 0.262 e. The van der Waals surface area contributed by atoms with Crippen LogP contribution in [0.2, 0.25) is 0 Å². The number of rotatable bonds is 4. The van der Waals surface area contributed by atoms with E-state index in [1.54, 1.807) is 25.6 Å². The van der Waals surface area contributed by atoms with Crippen LogP contribution in [0.1, 0.15) is 11.4 Å². The zero-order valence-electron chi connectivity index (χ0n) is 12.3. The SMILES string of the molecule is COc1ccc(S(=O)(=O)Nc2c(C)nn(C)c2C)cc1N. The number of anilines is 2. The Labute approximate surface area is 123 Å². The van der Waals surface area contributed by atoms with E-state index >= 15 is 0 Å². The van der Waals surface area contributed by atoms with E-state index in [0.29, 0.717) is 17.1 Å². The molecule has 0 aliphatic heterocycles. The number of nitrogens with one attached hydrogen (secondary N) is 1. The second-order valence-electron chi connectivity index (χ2n) is 4.68. The lowest BCUT2D eigenvalue weighted by Crippen LogP contribution is -2.14. The van der Waals surface area contributed by atoms with E-state index in [0.717, 1.165) is 5.69 Å². The zero-order chi connectivity index (χ0) is 15.8. The molecule has 2 aromatic rings. The molecule has 1 heterocycles. The predicted octanol–water partition coefficient (Wildman–Crippen LogP) is 1.43. The van der Waals surface area contributed by atoms with Gasteiger partial charge in [0.1, 0.15) is 5.75 Å². The van der Waals surface area contributed by atoms with Crippen molar-refractivity contribution >= 4 is 21.4 Å². The number of aromatic nitrogens is 2. The molecule has 0 atom stereocenters. The number of nitrogens with two attached hydrogens (primary N) is 1. The van der Waals surface area contributed by atoms with Crippen molar-refractivity contribution in [1.82, 2.24) is 9.78 Å². The van der Waals surface area contributed by atoms with Crippen LogP contribution in [0.5, 0.6) is 5.75 Å². The molecule has 114 valence electrons. The van der Waals surface area contributed by atoms with Gasteiger partial charge < -0.3 is 10.5 Å². The molecular formula is C13H18N4O3S. The number of nitrogen functional groups attached to an aromatic ring is 1. The van der Waals surface area contributed by atoms with Crippen molar-refractivity contribution in [2.24, 2.45) is 7.05 Å². The van der Waals surface area contributed by atoms with Crippen molar-refractivity contribution < 1.29 is 13.2 Å². The average molecular weight is 310 g/mol. The van der Waals surface area contributed by atoms with Crippen molar-refractivity contribution in [1.29, 1.82) is 0 Å². The second-order valence-corrected chi connectivity index (χ2v) is 6.36. The molecule has 8 heteroatoms. The Bertz CT molecular complexity index is 781. The van der Waals surface area contributed by atoms with Crippen LogP contribution < -0.4 is 15.2 Å². The highest BCUT2D eigenvalue weighted by molar-refractivity contribution is 7.92. The summed E-state index contributed by atoms with van der Waals surface area (Å²) in [4.78, 5) is 0.0726. The lowest BCUT2D eigenvalue weighted by atomic mass is 10.3. The number of nitrogens with zero attached hydrogens (tertiary/aromatic N) is 2. The number of sulfonamides is 1. The average Bonchev–Trinajstić information content (AvgIpc) is 2.65. The van der Waals surface area contributed by atoms with E-state index < -0.39 is 10.0 Å². The van der Waals surface area contributed by atoms with Crippen molar-refractivity contribution in [2.45, 2.75) is 18.7 Å². The number of hydrogen-bond acceptors (Lipinski definition) is 5. The van der Waals surface area contributed by atoms with E-state index in [9.17, 15) is 8.42 Å². The second kappa shape index (κ2) is 5.28. The Balaban J connectivity index is 2.41. The quantitative estimate of drug-likeness (QED) is 0.832. The van der Waals surface area contributed by atoms with E-state index in [1.807, 2.05) is 0 Å². The maximum absolute atomic E-state index is 12.4. The first-order valence-electron chi connectivity index (χ1n) is 6.23. The Kier molecular flexibility index (Phi) is 3.82. The maximum Gasteiger partial charge on any atom is 0.262 e. The highest BCUT2D eigenvalue weighted by Gasteiger charge is 2.20. The monoisotopic (exact) mass is 310 g/mol. The van der Waals surface area contributed by atoms with Crippen LogP contribution in [0.3, 0.4) is 0 Å². The highest BCUT2D eigenvalue weighted by atomic mass is 32.2. The first-order valence-corrected chi connectivity index (χ1v) is 7.71. The summed E-state index contributed by atoms with van der Waals surface area (Å²) < 4.78 is 34.0. The topological polar surface area (TPSA) is 99.2 Å². The van der Waals surface area contributed by atoms with E-state index in [1.165, 1.54) is 25.3 Å². The molecule has 2 rings (SSSR count). The van der Waals surface area contributed by atoms with Crippen LogP contribution in [-0.2, 0) is 17.1 Å². The van der Waals surface area contributed by atoms with E-state index in [2.05, 4.69) is 9.82 Å². The minimum Gasteiger partial charge on any atom is -0.495 e. The summed E-state index contributed by atoms with van der Waals surface area (Å²) in [5, 5.41) is 4.18. The van der Waals surface area contributed by atoms with Gasteiger partial charge in [0.25, 0.3) is 10.0 Å². The van der Waals surface area contributed by atoms with Gasteiger partial charge in [-0.05, 0) is 32.0 Å². The molecule has 0 spiro atoms. The Morgan fingerprint density at radius 3 is 2.48 bits per heavy atom. The van der Waals surface area contributed by atoms with Crippen molar-refractivity contribution in [3.63, 3.8) is 0 Å². The first-order chi connectivity index (χ1) is 9.76. The molecule has 0 saturated carbocycles. The highest BCUT2D eigenvalue weighted by Crippen LogP contribution is 2.27. The molecule has 21 heavy (non-hydrogen) atoms. The Morgan fingerprint density at radius 2 is 2.00 bits per heavy atom. The van der Waals surface area contributed by atoms with E-state index in [-0.39, 0.29) is 10.6 Å². The number of ether oxygens (including phenoxy) is 1. The van der Waals surface area contributed by atoms with Gasteiger partial charge in [-0.1, -0.05) is 0 Å². The summed E-state index contributed by atoms with van der Waals surface area (Å²) in [7, 11) is -0.503. The number of aryl methyl sites for hydroxylation is 2. The molecule has 0 amide bonds. The number of benzene rings is 1. The molecule has 0 aliphatic carbocycles. The van der Waals surface area contributed by atoms with Gasteiger partial charge in [-0.2, -0.15) is 5.10 Å². The minimum absolute atomic E-state index is 0.0726. The van der Waals surface area contributed by atoms with Crippen molar-refractivity contribution in [3.8, 4) is 5.75 Å². The summed E-state index contributed by atoms with van der Waals surface area (Å²) in [5.41, 5.74) is 7.84. The summed E-state index contributed by atoms with van der Waals surface area (Å²) in [6, 6.07) is 4.33. The van der Waals surface area contributed by atoms with E-state index in [4.69, 9.17) is 10.5 Å². The fourth-order valence-corrected chi connectivity index (χ4v) is 3.21. The van der Waals surface area contributed by atoms with Gasteiger partial charge in [-0.3, -0.25) is 9.40 Å². The van der Waals surface area contributed by atoms with Gasteiger partial charge in [-0.25, -0.2) is 8.42 Å². The molecule has 0 bridgehead atoms. The minimum atomic E-state index is -3.73. The third kappa shape index (κ3) is 2.80. The normalized spacial score (nSPS) is 11.4. The molecule has 3 N–H and O–H groups in total. The third-order valence-corrected chi connectivity index (χ3v) is 4.60. The molecule has 7 nitrogen and oxygen atoms in total. The lowest BCUT2D eigenvalue weighted by molar-refractivity contribution is 0.416.